The van der Waals surface area contributed by atoms with E-state index in [0.717, 1.165) is 11.3 Å². The quantitative estimate of drug-likeness (QED) is 0.843. The largest absolute Gasteiger partial charge is 0.497 e. The van der Waals surface area contributed by atoms with Gasteiger partial charge in [-0.3, -0.25) is 0 Å². The Hall–Kier alpha value is -1.06. The molecule has 0 amide bonds. The van der Waals surface area contributed by atoms with Crippen molar-refractivity contribution in [2.45, 2.75) is 50.8 Å². The third-order valence-corrected chi connectivity index (χ3v) is 3.76. The summed E-state index contributed by atoms with van der Waals surface area (Å²) in [5.74, 6) is 0.791. The Balaban J connectivity index is 1.97. The van der Waals surface area contributed by atoms with Crippen LogP contribution in [0.3, 0.4) is 0 Å². The number of aliphatic hydroxyl groups is 1. The molecule has 2 N–H and O–H groups in total. The average Bonchev–Trinajstić information content (AvgIpc) is 2.90. The molecule has 0 heterocycles. The van der Waals surface area contributed by atoms with Crippen molar-refractivity contribution in [1.29, 1.82) is 0 Å². The lowest BCUT2D eigenvalue weighted by atomic mass is 10.0. The fourth-order valence-electron chi connectivity index (χ4n) is 2.67. The SMILES string of the molecule is COc1cccc(C(O)C(C)NC2CCCC2)c1. The molecule has 100 valence electrons. The van der Waals surface area contributed by atoms with Gasteiger partial charge in [-0.2, -0.15) is 0 Å². The van der Waals surface area contributed by atoms with Crippen LogP contribution in [0.4, 0.5) is 0 Å². The van der Waals surface area contributed by atoms with E-state index >= 15 is 0 Å². The average molecular weight is 249 g/mol. The highest BCUT2D eigenvalue weighted by Crippen LogP contribution is 2.24. The molecule has 0 aromatic heterocycles. The molecule has 18 heavy (non-hydrogen) atoms. The first kappa shape index (κ1) is 13.4. The molecule has 0 radical (unpaired) electrons. The topological polar surface area (TPSA) is 41.5 Å². The standard InChI is InChI=1S/C15H23NO2/c1-11(16-13-7-3-4-8-13)15(17)12-6-5-9-14(10-12)18-2/h5-6,9-11,13,15-17H,3-4,7-8H2,1-2H3. The van der Waals surface area contributed by atoms with Crippen LogP contribution in [-0.4, -0.2) is 24.3 Å². The van der Waals surface area contributed by atoms with Gasteiger partial charge in [0.05, 0.1) is 13.2 Å². The van der Waals surface area contributed by atoms with Gasteiger partial charge >= 0.3 is 0 Å². The summed E-state index contributed by atoms with van der Waals surface area (Å²) in [6.45, 7) is 2.04. The van der Waals surface area contributed by atoms with Crippen LogP contribution in [0, 0.1) is 0 Å². The van der Waals surface area contributed by atoms with Crippen LogP contribution < -0.4 is 10.1 Å². The van der Waals surface area contributed by atoms with E-state index in [1.54, 1.807) is 7.11 Å². The second-order valence-electron chi connectivity index (χ2n) is 5.16. The smallest absolute Gasteiger partial charge is 0.119 e. The molecule has 1 fully saturated rings. The van der Waals surface area contributed by atoms with Gasteiger partial charge in [-0.25, -0.2) is 0 Å². The molecular formula is C15H23NO2. The predicted octanol–water partition coefficient (Wildman–Crippen LogP) is 2.65. The predicted molar refractivity (Wildman–Crippen MR) is 72.8 cm³/mol. The van der Waals surface area contributed by atoms with Gasteiger partial charge < -0.3 is 15.2 Å². The van der Waals surface area contributed by atoms with Crippen LogP contribution in [0.25, 0.3) is 0 Å². The van der Waals surface area contributed by atoms with Crippen molar-refractivity contribution < 1.29 is 9.84 Å². The zero-order valence-corrected chi connectivity index (χ0v) is 11.2. The summed E-state index contributed by atoms with van der Waals surface area (Å²) < 4.78 is 5.19. The number of methoxy groups -OCH3 is 1. The molecule has 1 saturated carbocycles. The van der Waals surface area contributed by atoms with Gasteiger partial charge in [0.1, 0.15) is 5.75 Å². The molecule has 3 heteroatoms. The highest BCUT2D eigenvalue weighted by Gasteiger charge is 2.22. The zero-order chi connectivity index (χ0) is 13.0. The maximum absolute atomic E-state index is 10.4. The number of hydrogen-bond donors (Lipinski definition) is 2. The van der Waals surface area contributed by atoms with E-state index in [0.29, 0.717) is 6.04 Å². The highest BCUT2D eigenvalue weighted by molar-refractivity contribution is 5.30. The van der Waals surface area contributed by atoms with Gasteiger partial charge in [-0.1, -0.05) is 25.0 Å². The van der Waals surface area contributed by atoms with Crippen molar-refractivity contribution in [3.63, 3.8) is 0 Å². The summed E-state index contributed by atoms with van der Waals surface area (Å²) in [6.07, 6.45) is 4.59. The zero-order valence-electron chi connectivity index (χ0n) is 11.2. The molecule has 2 unspecified atom stereocenters. The molecular weight excluding hydrogens is 226 g/mol. The molecule has 1 aliphatic rings. The van der Waals surface area contributed by atoms with Crippen molar-refractivity contribution in [2.75, 3.05) is 7.11 Å². The second-order valence-corrected chi connectivity index (χ2v) is 5.16. The maximum atomic E-state index is 10.4. The minimum atomic E-state index is -0.485. The lowest BCUT2D eigenvalue weighted by Gasteiger charge is -2.24. The fraction of sp³-hybridized carbons (Fsp3) is 0.600. The lowest BCUT2D eigenvalue weighted by Crippen LogP contribution is -2.38. The molecule has 0 spiro atoms. The summed E-state index contributed by atoms with van der Waals surface area (Å²) in [5.41, 5.74) is 0.910. The summed E-state index contributed by atoms with van der Waals surface area (Å²) >= 11 is 0. The van der Waals surface area contributed by atoms with Gasteiger partial charge in [-0.05, 0) is 37.5 Å². The normalized spacial score (nSPS) is 19.7. The van der Waals surface area contributed by atoms with E-state index in [1.165, 1.54) is 25.7 Å². The Labute approximate surface area is 109 Å². The molecule has 1 aromatic carbocycles. The number of ether oxygens (including phenoxy) is 1. The van der Waals surface area contributed by atoms with Gasteiger partial charge in [0, 0.05) is 12.1 Å². The summed E-state index contributed by atoms with van der Waals surface area (Å²) in [6, 6.07) is 8.29. The summed E-state index contributed by atoms with van der Waals surface area (Å²) in [7, 11) is 1.64. The molecule has 1 aromatic rings. The first-order valence-corrected chi connectivity index (χ1v) is 6.79. The van der Waals surface area contributed by atoms with Crippen molar-refractivity contribution in [2.24, 2.45) is 0 Å². The third kappa shape index (κ3) is 3.24. The van der Waals surface area contributed by atoms with Crippen molar-refractivity contribution >= 4 is 0 Å². The summed E-state index contributed by atoms with van der Waals surface area (Å²) in [4.78, 5) is 0. The monoisotopic (exact) mass is 249 g/mol. The van der Waals surface area contributed by atoms with Crippen LogP contribution >= 0.6 is 0 Å². The van der Waals surface area contributed by atoms with E-state index in [-0.39, 0.29) is 6.04 Å². The first-order valence-electron chi connectivity index (χ1n) is 6.79. The minimum Gasteiger partial charge on any atom is -0.497 e. The molecule has 0 aliphatic heterocycles. The lowest BCUT2D eigenvalue weighted by molar-refractivity contribution is 0.129. The molecule has 1 aliphatic carbocycles. The Morgan fingerprint density at radius 1 is 1.33 bits per heavy atom. The summed E-state index contributed by atoms with van der Waals surface area (Å²) in [5, 5.41) is 13.9. The van der Waals surface area contributed by atoms with E-state index in [2.05, 4.69) is 5.32 Å². The number of benzene rings is 1. The van der Waals surface area contributed by atoms with Gasteiger partial charge in [0.2, 0.25) is 0 Å². The van der Waals surface area contributed by atoms with Crippen molar-refractivity contribution in [1.82, 2.24) is 5.32 Å². The van der Waals surface area contributed by atoms with Crippen LogP contribution in [-0.2, 0) is 0 Å². The van der Waals surface area contributed by atoms with Crippen LogP contribution in [0.5, 0.6) is 5.75 Å². The van der Waals surface area contributed by atoms with Crippen LogP contribution in [0.15, 0.2) is 24.3 Å². The van der Waals surface area contributed by atoms with Crippen molar-refractivity contribution in [3.8, 4) is 5.75 Å². The molecule has 2 rings (SSSR count). The Morgan fingerprint density at radius 3 is 2.72 bits per heavy atom. The van der Waals surface area contributed by atoms with Gasteiger partial charge in [-0.15, -0.1) is 0 Å². The molecule has 0 saturated heterocycles. The fourth-order valence-corrected chi connectivity index (χ4v) is 2.67. The number of hydrogen-bond acceptors (Lipinski definition) is 3. The van der Waals surface area contributed by atoms with Gasteiger partial charge in [0.15, 0.2) is 0 Å². The Bertz CT molecular complexity index is 375. The van der Waals surface area contributed by atoms with Gasteiger partial charge in [0.25, 0.3) is 0 Å². The molecule has 2 atom stereocenters. The third-order valence-electron chi connectivity index (χ3n) is 3.76. The molecule has 0 bridgehead atoms. The van der Waals surface area contributed by atoms with E-state index in [1.807, 2.05) is 31.2 Å². The second kappa shape index (κ2) is 6.21. The van der Waals surface area contributed by atoms with E-state index in [9.17, 15) is 5.11 Å². The highest BCUT2D eigenvalue weighted by atomic mass is 16.5. The van der Waals surface area contributed by atoms with E-state index in [4.69, 9.17) is 4.74 Å². The Morgan fingerprint density at radius 2 is 2.06 bits per heavy atom. The van der Waals surface area contributed by atoms with Crippen LogP contribution in [0.2, 0.25) is 0 Å². The Kier molecular flexibility index (Phi) is 4.61. The molecule has 3 nitrogen and oxygen atoms in total. The van der Waals surface area contributed by atoms with E-state index < -0.39 is 6.10 Å². The number of aliphatic hydroxyl groups excluding tert-OH is 1. The first-order chi connectivity index (χ1) is 8.70. The maximum Gasteiger partial charge on any atom is 0.119 e. The number of rotatable bonds is 5. The van der Waals surface area contributed by atoms with Crippen LogP contribution in [0.1, 0.15) is 44.3 Å². The van der Waals surface area contributed by atoms with Crippen molar-refractivity contribution in [3.05, 3.63) is 29.8 Å². The number of nitrogens with one attached hydrogen (secondary N) is 1. The minimum absolute atomic E-state index is 0.0696.